The third-order valence-corrected chi connectivity index (χ3v) is 15.5. The van der Waals surface area contributed by atoms with Gasteiger partial charge in [-0.25, -0.2) is 4.79 Å². The predicted octanol–water partition coefficient (Wildman–Crippen LogP) is 5.72. The van der Waals surface area contributed by atoms with Crippen LogP contribution >= 0.6 is 0 Å². The van der Waals surface area contributed by atoms with Crippen LogP contribution in [0.1, 0.15) is 55.5 Å². The van der Waals surface area contributed by atoms with E-state index in [0.717, 1.165) is 55.8 Å². The number of carbonyl (C=O) groups is 1. The number of aromatic nitrogens is 1. The van der Waals surface area contributed by atoms with Gasteiger partial charge in [0.25, 0.3) is 0 Å². The minimum absolute atomic E-state index is 0.00923. The van der Waals surface area contributed by atoms with Crippen molar-refractivity contribution in [2.75, 3.05) is 46.8 Å². The van der Waals surface area contributed by atoms with Crippen molar-refractivity contribution in [3.05, 3.63) is 82.4 Å². The van der Waals surface area contributed by atoms with Crippen LogP contribution in [0.2, 0.25) is 0 Å². The van der Waals surface area contributed by atoms with Gasteiger partial charge in [-0.15, -0.1) is 0 Å². The molecule has 11 rings (SSSR count). The summed E-state index contributed by atoms with van der Waals surface area (Å²) in [6.45, 7) is 3.78. The summed E-state index contributed by atoms with van der Waals surface area (Å²) in [5.41, 5.74) is 7.82. The van der Waals surface area contributed by atoms with Crippen LogP contribution in [-0.2, 0) is 37.9 Å². The lowest BCUT2D eigenvalue weighted by Gasteiger charge is -2.56. The molecular formula is C44H50N4O7. The smallest absolute Gasteiger partial charge is 0.335 e. The van der Waals surface area contributed by atoms with Gasteiger partial charge in [0.2, 0.25) is 5.75 Å². The van der Waals surface area contributed by atoms with Gasteiger partial charge in [0.05, 0.1) is 69.1 Å². The van der Waals surface area contributed by atoms with Gasteiger partial charge >= 0.3 is 5.97 Å². The minimum Gasteiger partial charge on any atom is -0.504 e. The molecule has 2 N–H and O–H groups in total. The Morgan fingerprint density at radius 3 is 2.75 bits per heavy atom. The second-order valence-corrected chi connectivity index (χ2v) is 17.2. The number of likely N-dealkylation sites (N-methyl/N-ethyl adjacent to an activating group) is 1. The lowest BCUT2D eigenvalue weighted by Crippen LogP contribution is -2.65. The molecule has 0 amide bonds. The number of ether oxygens (including phenoxy) is 5. The Morgan fingerprint density at radius 1 is 1.15 bits per heavy atom. The van der Waals surface area contributed by atoms with Crippen LogP contribution in [0.4, 0.5) is 5.69 Å². The van der Waals surface area contributed by atoms with Crippen molar-refractivity contribution in [3.8, 4) is 17.2 Å². The summed E-state index contributed by atoms with van der Waals surface area (Å²) >= 11 is 0. The number of aromatic hydroxyl groups is 1. The third kappa shape index (κ3) is 4.09. The van der Waals surface area contributed by atoms with E-state index in [-0.39, 0.29) is 47.2 Å². The quantitative estimate of drug-likeness (QED) is 0.185. The Kier molecular flexibility index (Phi) is 7.11. The molecule has 2 aromatic carbocycles. The van der Waals surface area contributed by atoms with E-state index in [1.165, 1.54) is 42.0 Å². The number of benzene rings is 2. The largest absolute Gasteiger partial charge is 0.504 e. The number of carbonyl (C=O) groups excluding carboxylic acids is 1. The number of allylic oxidation sites excluding steroid dienone is 2. The molecule has 8 aliphatic rings. The maximum absolute atomic E-state index is 13.7. The number of phenols is 1. The van der Waals surface area contributed by atoms with Gasteiger partial charge in [0.1, 0.15) is 6.10 Å². The van der Waals surface area contributed by atoms with E-state index in [4.69, 9.17) is 23.7 Å². The van der Waals surface area contributed by atoms with Crippen molar-refractivity contribution in [2.45, 2.75) is 80.8 Å². The molecule has 4 saturated heterocycles. The van der Waals surface area contributed by atoms with E-state index in [9.17, 15) is 9.90 Å². The molecule has 8 heterocycles. The summed E-state index contributed by atoms with van der Waals surface area (Å²) in [7, 11) is 9.12. The number of fused-ring (bicyclic) bond motifs is 11. The number of nitrogens with zero attached hydrogens (tertiary/aromatic N) is 3. The Bertz CT molecular complexity index is 2280. The number of methoxy groups -OCH3 is 3. The van der Waals surface area contributed by atoms with Gasteiger partial charge in [-0.2, -0.15) is 0 Å². The van der Waals surface area contributed by atoms with Crippen LogP contribution in [-0.4, -0.2) is 97.3 Å². The number of piperidine rings is 2. The molecule has 1 aliphatic carbocycles. The molecule has 55 heavy (non-hydrogen) atoms. The summed E-state index contributed by atoms with van der Waals surface area (Å²) in [5.74, 6) is 1.19. The fraction of sp³-hybridized carbons (Fsp3) is 0.523. The van der Waals surface area contributed by atoms with Gasteiger partial charge in [-0.1, -0.05) is 37.3 Å². The first kappa shape index (κ1) is 33.9. The Balaban J connectivity index is 0.978. The van der Waals surface area contributed by atoms with E-state index in [2.05, 4.69) is 77.1 Å². The first-order chi connectivity index (χ1) is 26.7. The molecule has 10 atom stereocenters. The molecule has 1 aromatic heterocycles. The molecule has 7 aliphatic heterocycles. The molecule has 11 nitrogen and oxygen atoms in total. The standard InChI is InChI=1S/C44H50N4O7/c1-7-43-19-26(41(50)53-6)39-44(28-18-33(49)37(51-4)38(52-5)34(28)45-39)14-15-48(42(43)44)30(36-40(43)55-36)13-12-22-20-54-21-27-24(22)16-32-35-25(17-31(27)46(32)2)23-10-8-9-11-29(23)47(35)3/h8-13,18,20,24,27,30-32,36,40,42,45,49H,7,14-17,19,21H2,1-6H3/b13-12+/t24-,27+,30+,31-,32-,36+,40+,42-,43+,44+/m0/s1. The molecular weight excluding hydrogens is 697 g/mol. The minimum atomic E-state index is -0.604. The van der Waals surface area contributed by atoms with E-state index in [0.29, 0.717) is 41.7 Å². The first-order valence-electron chi connectivity index (χ1n) is 20.0. The number of hydrogen-bond acceptors (Lipinski definition) is 10. The van der Waals surface area contributed by atoms with Gasteiger partial charge in [0, 0.05) is 59.3 Å². The van der Waals surface area contributed by atoms with Crippen molar-refractivity contribution in [1.82, 2.24) is 14.4 Å². The van der Waals surface area contributed by atoms with Crippen LogP contribution in [0.5, 0.6) is 17.2 Å². The summed E-state index contributed by atoms with van der Waals surface area (Å²) in [5, 5.41) is 16.4. The van der Waals surface area contributed by atoms with Crippen LogP contribution in [0.15, 0.2) is 65.6 Å². The maximum Gasteiger partial charge on any atom is 0.335 e. The molecule has 0 radical (unpaired) electrons. The average Bonchev–Trinajstić information content (AvgIpc) is 3.71. The molecule has 1 spiro atoms. The molecule has 2 bridgehead atoms. The van der Waals surface area contributed by atoms with E-state index in [1.54, 1.807) is 7.11 Å². The Hall–Kier alpha value is -4.45. The van der Waals surface area contributed by atoms with Crippen molar-refractivity contribution >= 4 is 22.6 Å². The number of epoxide rings is 1. The summed E-state index contributed by atoms with van der Waals surface area (Å²) in [6.07, 6.45) is 11.0. The zero-order valence-corrected chi connectivity index (χ0v) is 32.4. The maximum atomic E-state index is 13.7. The lowest BCUT2D eigenvalue weighted by molar-refractivity contribution is -0.137. The highest BCUT2D eigenvalue weighted by Gasteiger charge is 2.76. The highest BCUT2D eigenvalue weighted by Crippen LogP contribution is 2.71. The number of rotatable bonds is 6. The van der Waals surface area contributed by atoms with Crippen LogP contribution in [0.3, 0.4) is 0 Å². The monoisotopic (exact) mass is 746 g/mol. The molecule has 0 unspecified atom stereocenters. The lowest BCUT2D eigenvalue weighted by atomic mass is 9.53. The van der Waals surface area contributed by atoms with Gasteiger partial charge in [0.15, 0.2) is 11.5 Å². The number of aryl methyl sites for hydroxylation is 1. The molecule has 288 valence electrons. The number of hydrogen-bond donors (Lipinski definition) is 2. The van der Waals surface area contributed by atoms with Crippen molar-refractivity contribution in [1.29, 1.82) is 0 Å². The highest BCUT2D eigenvalue weighted by atomic mass is 16.6. The second kappa shape index (κ2) is 11.6. The number of anilines is 1. The van der Waals surface area contributed by atoms with Crippen molar-refractivity contribution < 1.29 is 33.6 Å². The van der Waals surface area contributed by atoms with Crippen molar-refractivity contribution in [3.63, 3.8) is 0 Å². The topological polar surface area (TPSA) is 110 Å². The highest BCUT2D eigenvalue weighted by molar-refractivity contribution is 5.94. The Labute approximate surface area is 321 Å². The van der Waals surface area contributed by atoms with Crippen molar-refractivity contribution in [2.24, 2.45) is 24.3 Å². The zero-order chi connectivity index (χ0) is 37.7. The van der Waals surface area contributed by atoms with Crippen LogP contribution < -0.4 is 14.8 Å². The van der Waals surface area contributed by atoms with Gasteiger partial charge in [-0.05, 0) is 73.9 Å². The summed E-state index contributed by atoms with van der Waals surface area (Å²) in [6, 6.07) is 11.5. The summed E-state index contributed by atoms with van der Waals surface area (Å²) in [4.78, 5) is 19.0. The van der Waals surface area contributed by atoms with E-state index < -0.39 is 5.41 Å². The predicted molar refractivity (Wildman–Crippen MR) is 206 cm³/mol. The van der Waals surface area contributed by atoms with E-state index in [1.807, 2.05) is 12.3 Å². The molecule has 0 saturated carbocycles. The molecule has 4 fully saturated rings. The molecule has 11 heteroatoms. The summed E-state index contributed by atoms with van der Waals surface area (Å²) < 4.78 is 32.5. The van der Waals surface area contributed by atoms with Crippen LogP contribution in [0, 0.1) is 17.3 Å². The zero-order valence-electron chi connectivity index (χ0n) is 32.4. The SMILES string of the molecule is CC[C@@]12CC(C(=O)OC)=C3Nc4c(cc(O)c(OC)c4OC)[C@]34CCN([C@H](/C=C/C3=COC[C@@H]5[C@H]3C[C@H]3c6c(c7ccccc7n6C)C[C@@H]5N3C)[C@H]3O[C@H]31)[C@@H]24. The first-order valence-corrected chi connectivity index (χ1v) is 20.0. The average molecular weight is 747 g/mol. The second-order valence-electron chi connectivity index (χ2n) is 17.2. The number of nitrogens with one attached hydrogen (secondary N) is 1. The fourth-order valence-electron chi connectivity index (χ4n) is 13.2. The number of esters is 1. The number of para-hydroxylation sites is 1. The fourth-order valence-corrected chi connectivity index (χ4v) is 13.2. The Morgan fingerprint density at radius 2 is 1.96 bits per heavy atom. The van der Waals surface area contributed by atoms with E-state index >= 15 is 0 Å². The normalized spacial score (nSPS) is 36.5. The van der Waals surface area contributed by atoms with Gasteiger partial charge in [-0.3, -0.25) is 9.80 Å². The third-order valence-electron chi connectivity index (χ3n) is 15.5. The van der Waals surface area contributed by atoms with Gasteiger partial charge < -0.3 is 38.7 Å². The number of phenolic OH excluding ortho intramolecular Hbond substituents is 1. The molecule has 3 aromatic rings. The van der Waals surface area contributed by atoms with Crippen LogP contribution in [0.25, 0.3) is 10.9 Å².